The molecule has 0 saturated carbocycles. The summed E-state index contributed by atoms with van der Waals surface area (Å²) in [5.41, 5.74) is 1.24. The van der Waals surface area contributed by atoms with Crippen LogP contribution in [0.25, 0.3) is 10.6 Å². The van der Waals surface area contributed by atoms with Crippen LogP contribution in [0.1, 0.15) is 15.4 Å². The number of nitrogens with zero attached hydrogens (tertiary/aromatic N) is 2. The van der Waals surface area contributed by atoms with Crippen molar-refractivity contribution < 1.29 is 19.1 Å². The summed E-state index contributed by atoms with van der Waals surface area (Å²) >= 11 is 1.16. The lowest BCUT2D eigenvalue weighted by Crippen LogP contribution is -2.31. The van der Waals surface area contributed by atoms with Gasteiger partial charge in [0.1, 0.15) is 22.2 Å². The maximum Gasteiger partial charge on any atom is 0.323 e. The highest BCUT2D eigenvalue weighted by molar-refractivity contribution is 7.17. The number of aliphatic carboxylic acids is 1. The molecule has 1 aromatic heterocycles. The maximum absolute atomic E-state index is 12.9. The van der Waals surface area contributed by atoms with Crippen LogP contribution in [0.15, 0.2) is 24.3 Å². The number of aryl methyl sites for hydroxylation is 1. The molecule has 0 atom stereocenters. The predicted octanol–water partition coefficient (Wildman–Crippen LogP) is 2.41. The number of halogens is 1. The molecule has 1 aromatic carbocycles. The number of hydrogen-bond donors (Lipinski definition) is 1. The quantitative estimate of drug-likeness (QED) is 0.941. The zero-order valence-corrected chi connectivity index (χ0v) is 12.3. The average Bonchev–Trinajstić information content (AvgIpc) is 2.80. The third-order valence-electron chi connectivity index (χ3n) is 2.80. The molecule has 0 spiro atoms. The summed E-state index contributed by atoms with van der Waals surface area (Å²) in [6.45, 7) is 1.31. The van der Waals surface area contributed by atoms with E-state index < -0.39 is 5.97 Å². The van der Waals surface area contributed by atoms with Crippen LogP contribution in [0.3, 0.4) is 0 Å². The summed E-state index contributed by atoms with van der Waals surface area (Å²) in [5, 5.41) is 9.31. The van der Waals surface area contributed by atoms with Crippen LogP contribution in [0.5, 0.6) is 0 Å². The average molecular weight is 308 g/mol. The van der Waals surface area contributed by atoms with Gasteiger partial charge < -0.3 is 10.0 Å². The number of amides is 1. The van der Waals surface area contributed by atoms with Crippen molar-refractivity contribution in [2.24, 2.45) is 0 Å². The molecule has 0 unspecified atom stereocenters. The van der Waals surface area contributed by atoms with E-state index in [1.54, 1.807) is 19.1 Å². The molecule has 0 aliphatic rings. The fraction of sp³-hybridized carbons (Fsp3) is 0.214. The third-order valence-corrected chi connectivity index (χ3v) is 4.00. The molecule has 110 valence electrons. The first-order chi connectivity index (χ1) is 9.88. The highest BCUT2D eigenvalue weighted by atomic mass is 32.1. The number of rotatable bonds is 4. The van der Waals surface area contributed by atoms with Crippen LogP contribution in [0.2, 0.25) is 0 Å². The predicted molar refractivity (Wildman–Crippen MR) is 76.8 cm³/mol. The molecular formula is C14H13FN2O3S. The molecule has 0 aliphatic heterocycles. The Labute approximate surface area is 124 Å². The summed E-state index contributed by atoms with van der Waals surface area (Å²) < 4.78 is 12.9. The lowest BCUT2D eigenvalue weighted by Gasteiger charge is -2.13. The van der Waals surface area contributed by atoms with Gasteiger partial charge in [-0.15, -0.1) is 11.3 Å². The largest absolute Gasteiger partial charge is 0.480 e. The molecular weight excluding hydrogens is 295 g/mol. The van der Waals surface area contributed by atoms with Crippen molar-refractivity contribution in [1.82, 2.24) is 9.88 Å². The number of thiazole rings is 1. The molecule has 2 rings (SSSR count). The molecule has 5 nitrogen and oxygen atoms in total. The monoisotopic (exact) mass is 308 g/mol. The van der Waals surface area contributed by atoms with Crippen molar-refractivity contribution >= 4 is 23.2 Å². The lowest BCUT2D eigenvalue weighted by molar-refractivity contribution is -0.137. The number of likely N-dealkylation sites (N-methyl/N-ethyl adjacent to an activating group) is 1. The highest BCUT2D eigenvalue weighted by Crippen LogP contribution is 2.28. The number of carboxylic acid groups (broad SMARTS) is 1. The van der Waals surface area contributed by atoms with Crippen molar-refractivity contribution in [2.45, 2.75) is 6.92 Å². The number of benzene rings is 1. The van der Waals surface area contributed by atoms with Gasteiger partial charge in [0.05, 0.1) is 5.69 Å². The van der Waals surface area contributed by atoms with Gasteiger partial charge in [0.2, 0.25) is 0 Å². The van der Waals surface area contributed by atoms with Crippen molar-refractivity contribution in [3.05, 3.63) is 40.7 Å². The Kier molecular flexibility index (Phi) is 4.32. The Hall–Kier alpha value is -2.28. The molecule has 1 N–H and O–H groups in total. The molecule has 1 heterocycles. The van der Waals surface area contributed by atoms with Crippen LogP contribution in [0.4, 0.5) is 4.39 Å². The van der Waals surface area contributed by atoms with Crippen LogP contribution in [0, 0.1) is 12.7 Å². The van der Waals surface area contributed by atoms with E-state index >= 15 is 0 Å². The summed E-state index contributed by atoms with van der Waals surface area (Å²) in [6, 6.07) is 5.82. The summed E-state index contributed by atoms with van der Waals surface area (Å²) in [5.74, 6) is -1.81. The normalized spacial score (nSPS) is 10.4. The van der Waals surface area contributed by atoms with Crippen LogP contribution in [-0.4, -0.2) is 40.5 Å². The molecule has 7 heteroatoms. The van der Waals surface area contributed by atoms with Crippen molar-refractivity contribution in [2.75, 3.05) is 13.6 Å². The number of hydrogen-bond acceptors (Lipinski definition) is 4. The van der Waals surface area contributed by atoms with E-state index in [0.29, 0.717) is 21.1 Å². The fourth-order valence-electron chi connectivity index (χ4n) is 1.76. The zero-order valence-electron chi connectivity index (χ0n) is 11.5. The molecule has 0 fully saturated rings. The van der Waals surface area contributed by atoms with Gasteiger partial charge in [-0.3, -0.25) is 9.59 Å². The van der Waals surface area contributed by atoms with Gasteiger partial charge in [-0.2, -0.15) is 0 Å². The maximum atomic E-state index is 12.9. The molecule has 1 amide bonds. The zero-order chi connectivity index (χ0) is 15.6. The fourth-order valence-corrected chi connectivity index (χ4v) is 2.83. The van der Waals surface area contributed by atoms with Crippen molar-refractivity contribution in [3.63, 3.8) is 0 Å². The SMILES string of the molecule is Cc1nc(-c2ccc(F)cc2)sc1C(=O)N(C)CC(=O)O. The highest BCUT2D eigenvalue weighted by Gasteiger charge is 2.20. The van der Waals surface area contributed by atoms with E-state index in [1.165, 1.54) is 19.2 Å². The smallest absolute Gasteiger partial charge is 0.323 e. The second kappa shape index (κ2) is 6.01. The number of carbonyl (C=O) groups excluding carboxylic acids is 1. The summed E-state index contributed by atoms with van der Waals surface area (Å²) in [4.78, 5) is 28.6. The molecule has 0 radical (unpaired) electrons. The van der Waals surface area contributed by atoms with E-state index in [0.717, 1.165) is 16.2 Å². The van der Waals surface area contributed by atoms with Gasteiger partial charge in [-0.05, 0) is 31.2 Å². The van der Waals surface area contributed by atoms with Gasteiger partial charge in [0.25, 0.3) is 5.91 Å². The minimum Gasteiger partial charge on any atom is -0.480 e. The van der Waals surface area contributed by atoms with Gasteiger partial charge in [-0.25, -0.2) is 9.37 Å². The van der Waals surface area contributed by atoms with Gasteiger partial charge in [0.15, 0.2) is 0 Å². The van der Waals surface area contributed by atoms with Crippen LogP contribution < -0.4 is 0 Å². The van der Waals surface area contributed by atoms with Gasteiger partial charge in [-0.1, -0.05) is 0 Å². The van der Waals surface area contributed by atoms with Crippen molar-refractivity contribution in [3.8, 4) is 10.6 Å². The number of carbonyl (C=O) groups is 2. The van der Waals surface area contributed by atoms with E-state index in [1.807, 2.05) is 0 Å². The first-order valence-electron chi connectivity index (χ1n) is 6.09. The van der Waals surface area contributed by atoms with Crippen molar-refractivity contribution in [1.29, 1.82) is 0 Å². The Morgan fingerprint density at radius 1 is 1.33 bits per heavy atom. The number of carboxylic acids is 1. The van der Waals surface area contributed by atoms with Gasteiger partial charge in [0, 0.05) is 12.6 Å². The van der Waals surface area contributed by atoms with E-state index in [4.69, 9.17) is 5.11 Å². The molecule has 0 aliphatic carbocycles. The molecule has 2 aromatic rings. The molecule has 0 saturated heterocycles. The summed E-state index contributed by atoms with van der Waals surface area (Å²) in [6.07, 6.45) is 0. The van der Waals surface area contributed by atoms with E-state index in [9.17, 15) is 14.0 Å². The standard InChI is InChI=1S/C14H13FN2O3S/c1-8-12(14(20)17(2)7-11(18)19)21-13(16-8)9-3-5-10(15)6-4-9/h3-6H,7H2,1-2H3,(H,18,19). The molecule has 21 heavy (non-hydrogen) atoms. The third kappa shape index (κ3) is 3.43. The van der Waals surface area contributed by atoms with E-state index in [-0.39, 0.29) is 18.3 Å². The minimum atomic E-state index is -1.08. The van der Waals surface area contributed by atoms with E-state index in [2.05, 4.69) is 4.98 Å². The lowest BCUT2D eigenvalue weighted by atomic mass is 10.2. The first kappa shape index (κ1) is 15.1. The first-order valence-corrected chi connectivity index (χ1v) is 6.90. The Morgan fingerprint density at radius 2 is 1.95 bits per heavy atom. The second-order valence-electron chi connectivity index (χ2n) is 4.50. The Balaban J connectivity index is 2.29. The van der Waals surface area contributed by atoms with Crippen LogP contribution >= 0.6 is 11.3 Å². The topological polar surface area (TPSA) is 70.5 Å². The Bertz CT molecular complexity index is 682. The Morgan fingerprint density at radius 3 is 2.52 bits per heavy atom. The summed E-state index contributed by atoms with van der Waals surface area (Å²) in [7, 11) is 1.42. The van der Waals surface area contributed by atoms with Gasteiger partial charge >= 0.3 is 5.97 Å². The van der Waals surface area contributed by atoms with Crippen LogP contribution in [-0.2, 0) is 4.79 Å². The number of aromatic nitrogens is 1. The minimum absolute atomic E-state index is 0.343. The molecule has 0 bridgehead atoms. The second-order valence-corrected chi connectivity index (χ2v) is 5.49.